The molecular weight excluding hydrogens is 416 g/mol. The zero-order valence-corrected chi connectivity index (χ0v) is 19.9. The van der Waals surface area contributed by atoms with Crippen molar-refractivity contribution < 1.29 is 19.0 Å². The average molecular weight is 451 g/mol. The molecule has 0 N–H and O–H groups in total. The van der Waals surface area contributed by atoms with E-state index in [-0.39, 0.29) is 5.91 Å². The van der Waals surface area contributed by atoms with E-state index in [4.69, 9.17) is 25.8 Å². The van der Waals surface area contributed by atoms with Gasteiger partial charge >= 0.3 is 0 Å². The number of piperidine rings is 1. The number of morpholine rings is 1. The van der Waals surface area contributed by atoms with Crippen LogP contribution in [0.2, 0.25) is 5.02 Å². The Morgan fingerprint density at radius 2 is 1.90 bits per heavy atom. The van der Waals surface area contributed by atoms with Gasteiger partial charge in [-0.25, -0.2) is 0 Å². The maximum absolute atomic E-state index is 12.7. The maximum atomic E-state index is 12.7. The van der Waals surface area contributed by atoms with Crippen LogP contribution in [-0.4, -0.2) is 74.4 Å². The molecule has 0 spiro atoms. The number of carbonyl (C=O) groups is 1. The molecule has 6 nitrogen and oxygen atoms in total. The molecule has 1 amide bonds. The largest absolute Gasteiger partial charge is 0.491 e. The van der Waals surface area contributed by atoms with Crippen LogP contribution in [0, 0.1) is 5.92 Å². The van der Waals surface area contributed by atoms with Crippen molar-refractivity contribution >= 4 is 23.6 Å². The molecule has 0 radical (unpaired) electrons. The van der Waals surface area contributed by atoms with Gasteiger partial charge in [0.15, 0.2) is 11.5 Å². The highest BCUT2D eigenvalue weighted by Crippen LogP contribution is 2.36. The lowest BCUT2D eigenvalue weighted by Gasteiger charge is -2.39. The second kappa shape index (κ2) is 11.2. The molecule has 2 fully saturated rings. The molecule has 0 aromatic heterocycles. The van der Waals surface area contributed by atoms with Crippen LogP contribution in [-0.2, 0) is 9.53 Å². The average Bonchev–Trinajstić information content (AvgIpc) is 2.72. The Morgan fingerprint density at radius 3 is 2.52 bits per heavy atom. The smallest absolute Gasteiger partial charge is 0.246 e. The van der Waals surface area contributed by atoms with E-state index < -0.39 is 0 Å². The van der Waals surface area contributed by atoms with Gasteiger partial charge in [0, 0.05) is 38.8 Å². The first-order valence-corrected chi connectivity index (χ1v) is 11.6. The molecule has 2 aliphatic heterocycles. The van der Waals surface area contributed by atoms with E-state index >= 15 is 0 Å². The Morgan fingerprint density at radius 1 is 1.23 bits per heavy atom. The van der Waals surface area contributed by atoms with Crippen LogP contribution in [0.4, 0.5) is 0 Å². The molecule has 0 aliphatic carbocycles. The number of likely N-dealkylation sites (tertiary alicyclic amines) is 1. The van der Waals surface area contributed by atoms with Gasteiger partial charge in [0.2, 0.25) is 5.91 Å². The number of hydrogen-bond donors (Lipinski definition) is 0. The predicted molar refractivity (Wildman–Crippen MR) is 124 cm³/mol. The summed E-state index contributed by atoms with van der Waals surface area (Å²) in [6.07, 6.45) is 6.10. The molecule has 2 heterocycles. The molecule has 1 aromatic carbocycles. The Kier molecular flexibility index (Phi) is 8.64. The Bertz CT molecular complexity index is 767. The minimum Gasteiger partial charge on any atom is -0.491 e. The fourth-order valence-electron chi connectivity index (χ4n) is 4.55. The lowest BCUT2D eigenvalue weighted by molar-refractivity contribution is -0.127. The van der Waals surface area contributed by atoms with Gasteiger partial charge in [0.05, 0.1) is 30.9 Å². The summed E-state index contributed by atoms with van der Waals surface area (Å²) in [5.74, 6) is 1.77. The van der Waals surface area contributed by atoms with Crippen LogP contribution in [0.25, 0.3) is 6.08 Å². The lowest BCUT2D eigenvalue weighted by atomic mass is 9.95. The number of ether oxygens (including phenoxy) is 3. The van der Waals surface area contributed by atoms with E-state index in [1.165, 1.54) is 0 Å². The van der Waals surface area contributed by atoms with Crippen molar-refractivity contribution in [2.45, 2.75) is 45.8 Å². The third-order valence-electron chi connectivity index (χ3n) is 5.89. The summed E-state index contributed by atoms with van der Waals surface area (Å²) in [5.41, 5.74) is 0.813. The minimum absolute atomic E-state index is 0.0389. The molecule has 172 valence electrons. The van der Waals surface area contributed by atoms with Crippen molar-refractivity contribution in [2.75, 3.05) is 46.4 Å². The maximum Gasteiger partial charge on any atom is 0.246 e. The highest BCUT2D eigenvalue weighted by Gasteiger charge is 2.27. The normalized spacial score (nSPS) is 23.3. The molecule has 31 heavy (non-hydrogen) atoms. The summed E-state index contributed by atoms with van der Waals surface area (Å²) in [6, 6.07) is 3.62. The van der Waals surface area contributed by atoms with Crippen molar-refractivity contribution in [2.24, 2.45) is 5.92 Å². The number of halogens is 1. The molecule has 2 atom stereocenters. The number of amides is 1. The summed E-state index contributed by atoms with van der Waals surface area (Å²) in [5, 5.41) is 0.466. The molecule has 1 aromatic rings. The molecule has 0 bridgehead atoms. The van der Waals surface area contributed by atoms with Crippen LogP contribution in [0.15, 0.2) is 18.2 Å². The fourth-order valence-corrected chi connectivity index (χ4v) is 4.85. The van der Waals surface area contributed by atoms with Gasteiger partial charge in [0.25, 0.3) is 0 Å². The first-order chi connectivity index (χ1) is 14.9. The topological polar surface area (TPSA) is 51.2 Å². The molecule has 3 rings (SSSR count). The van der Waals surface area contributed by atoms with Gasteiger partial charge in [-0.05, 0) is 63.3 Å². The highest BCUT2D eigenvalue weighted by atomic mass is 35.5. The van der Waals surface area contributed by atoms with Crippen LogP contribution in [0.5, 0.6) is 11.5 Å². The van der Waals surface area contributed by atoms with E-state index in [0.29, 0.717) is 41.3 Å². The summed E-state index contributed by atoms with van der Waals surface area (Å²) in [7, 11) is 1.56. The zero-order valence-electron chi connectivity index (χ0n) is 19.1. The number of methoxy groups -OCH3 is 1. The molecular formula is C24H35ClN2O4. The molecule has 0 saturated carbocycles. The van der Waals surface area contributed by atoms with E-state index in [0.717, 1.165) is 51.1 Å². The molecule has 2 saturated heterocycles. The van der Waals surface area contributed by atoms with E-state index in [1.807, 2.05) is 17.9 Å². The summed E-state index contributed by atoms with van der Waals surface area (Å²) in [4.78, 5) is 17.2. The lowest BCUT2D eigenvalue weighted by Crippen LogP contribution is -2.48. The van der Waals surface area contributed by atoms with Crippen molar-refractivity contribution in [1.82, 2.24) is 9.80 Å². The Balaban J connectivity index is 1.52. The number of nitrogens with zero attached hydrogens (tertiary/aromatic N) is 2. The Labute approximate surface area is 191 Å². The molecule has 7 heteroatoms. The van der Waals surface area contributed by atoms with E-state index in [1.54, 1.807) is 25.3 Å². The van der Waals surface area contributed by atoms with Crippen molar-refractivity contribution in [3.63, 3.8) is 0 Å². The van der Waals surface area contributed by atoms with Crippen LogP contribution in [0.1, 0.15) is 39.2 Å². The zero-order chi connectivity index (χ0) is 22.4. The van der Waals surface area contributed by atoms with Crippen LogP contribution in [0.3, 0.4) is 0 Å². The predicted octanol–water partition coefficient (Wildman–Crippen LogP) is 4.11. The molecule has 2 aliphatic rings. The Hall–Kier alpha value is -1.76. The van der Waals surface area contributed by atoms with E-state index in [2.05, 4.69) is 18.7 Å². The quantitative estimate of drug-likeness (QED) is 0.585. The van der Waals surface area contributed by atoms with E-state index in [9.17, 15) is 4.79 Å². The van der Waals surface area contributed by atoms with Gasteiger partial charge < -0.3 is 19.1 Å². The monoisotopic (exact) mass is 450 g/mol. The third kappa shape index (κ3) is 6.61. The first-order valence-electron chi connectivity index (χ1n) is 11.2. The number of carbonyl (C=O) groups excluding carboxylic acids is 1. The fraction of sp³-hybridized carbons (Fsp3) is 0.625. The minimum atomic E-state index is 0.0389. The number of hydrogen-bond acceptors (Lipinski definition) is 5. The van der Waals surface area contributed by atoms with Crippen LogP contribution < -0.4 is 9.47 Å². The van der Waals surface area contributed by atoms with Gasteiger partial charge in [0.1, 0.15) is 0 Å². The SMILES string of the molecule is CCOc1cc(/C=C/C(=O)N2CCC(CN3CC(C)OC(C)C3)CC2)cc(Cl)c1OC. The van der Waals surface area contributed by atoms with Gasteiger partial charge in [-0.1, -0.05) is 11.6 Å². The van der Waals surface area contributed by atoms with Crippen LogP contribution >= 0.6 is 11.6 Å². The third-order valence-corrected chi connectivity index (χ3v) is 6.17. The number of benzene rings is 1. The second-order valence-corrected chi connectivity index (χ2v) is 8.95. The van der Waals surface area contributed by atoms with Crippen molar-refractivity contribution in [3.05, 3.63) is 28.8 Å². The van der Waals surface area contributed by atoms with Gasteiger partial charge in [-0.3, -0.25) is 9.69 Å². The second-order valence-electron chi connectivity index (χ2n) is 8.54. The first kappa shape index (κ1) is 23.9. The summed E-state index contributed by atoms with van der Waals surface area (Å²) >= 11 is 6.30. The van der Waals surface area contributed by atoms with Gasteiger partial charge in [-0.2, -0.15) is 0 Å². The van der Waals surface area contributed by atoms with Gasteiger partial charge in [-0.15, -0.1) is 0 Å². The number of rotatable bonds is 7. The van der Waals surface area contributed by atoms with Crippen molar-refractivity contribution in [3.8, 4) is 11.5 Å². The van der Waals surface area contributed by atoms with Crippen molar-refractivity contribution in [1.29, 1.82) is 0 Å². The summed E-state index contributed by atoms with van der Waals surface area (Å²) in [6.45, 7) is 11.4. The highest BCUT2D eigenvalue weighted by molar-refractivity contribution is 6.32. The summed E-state index contributed by atoms with van der Waals surface area (Å²) < 4.78 is 16.8. The molecule has 2 unspecified atom stereocenters. The standard InChI is InChI=1S/C24H35ClN2O4/c1-5-30-22-13-20(12-21(25)24(22)29-4)6-7-23(28)27-10-8-19(9-11-27)16-26-14-17(2)31-18(3)15-26/h6-7,12-13,17-19H,5,8-11,14-16H2,1-4H3/b7-6+.